The Labute approximate surface area is 159 Å². The molecule has 0 aromatic carbocycles. The van der Waals surface area contributed by atoms with Gasteiger partial charge in [-0.2, -0.15) is 5.26 Å². The van der Waals surface area contributed by atoms with Gasteiger partial charge in [0.15, 0.2) is 4.33 Å². The molecule has 3 unspecified atom stereocenters. The minimum atomic E-state index is -1.49. The van der Waals surface area contributed by atoms with Crippen LogP contribution in [0.25, 0.3) is 0 Å². The molecule has 2 aliphatic carbocycles. The van der Waals surface area contributed by atoms with Crippen LogP contribution in [0, 0.1) is 29.1 Å². The van der Waals surface area contributed by atoms with Crippen LogP contribution in [0.3, 0.4) is 0 Å². The maximum atomic E-state index is 8.38. The second-order valence-electron chi connectivity index (χ2n) is 5.13. The zero-order valence-corrected chi connectivity index (χ0v) is 15.8. The average Bonchev–Trinajstić information content (AvgIpc) is 2.68. The maximum Gasteiger partial charge on any atom is 0.166 e. The molecule has 0 N–H and O–H groups in total. The van der Waals surface area contributed by atoms with Crippen LogP contribution in [0.15, 0.2) is 10.1 Å². The van der Waals surface area contributed by atoms with Crippen molar-refractivity contribution in [3.8, 4) is 17.9 Å². The second kappa shape index (κ2) is 6.78. The van der Waals surface area contributed by atoms with Crippen LogP contribution in [0.1, 0.15) is 19.3 Å². The van der Waals surface area contributed by atoms with Crippen molar-refractivity contribution in [2.75, 3.05) is 13.2 Å². The van der Waals surface area contributed by atoms with Crippen LogP contribution in [-0.4, -0.2) is 27.3 Å². The third-order valence-electron chi connectivity index (χ3n) is 3.91. The number of halogens is 6. The van der Waals surface area contributed by atoms with Crippen LogP contribution in [0.4, 0.5) is 0 Å². The fourth-order valence-electron chi connectivity index (χ4n) is 2.73. The number of hydrogen-bond donors (Lipinski definition) is 0. The zero-order valence-electron chi connectivity index (χ0n) is 11.2. The van der Waals surface area contributed by atoms with Crippen molar-refractivity contribution < 1.29 is 4.74 Å². The summed E-state index contributed by atoms with van der Waals surface area (Å²) in [5.74, 6) is 5.60. The quantitative estimate of drug-likeness (QED) is 0.356. The molecule has 2 rings (SSSR count). The van der Waals surface area contributed by atoms with Crippen LogP contribution in [-0.2, 0) is 4.74 Å². The Bertz CT molecular complexity index is 601. The topological polar surface area (TPSA) is 33.0 Å². The summed E-state index contributed by atoms with van der Waals surface area (Å²) in [4.78, 5) is -2.43. The van der Waals surface area contributed by atoms with Gasteiger partial charge >= 0.3 is 0 Å². The lowest BCUT2D eigenvalue weighted by Gasteiger charge is -2.33. The number of ether oxygens (including phenoxy) is 1. The van der Waals surface area contributed by atoms with E-state index in [4.69, 9.17) is 79.6 Å². The Morgan fingerprint density at radius 1 is 1.14 bits per heavy atom. The molecule has 2 bridgehead atoms. The highest BCUT2D eigenvalue weighted by Crippen LogP contribution is 2.74. The van der Waals surface area contributed by atoms with Gasteiger partial charge in [-0.25, -0.2) is 0 Å². The molecular weight excluding hydrogens is 411 g/mol. The summed E-state index contributed by atoms with van der Waals surface area (Å²) in [5, 5.41) is 8.78. The largest absolute Gasteiger partial charge is 0.368 e. The van der Waals surface area contributed by atoms with E-state index >= 15 is 0 Å². The molecule has 3 atom stereocenters. The Morgan fingerprint density at radius 2 is 1.82 bits per heavy atom. The van der Waals surface area contributed by atoms with Gasteiger partial charge in [-0.1, -0.05) is 52.3 Å². The van der Waals surface area contributed by atoms with Crippen LogP contribution < -0.4 is 0 Å². The van der Waals surface area contributed by atoms with Crippen molar-refractivity contribution in [3.63, 3.8) is 0 Å². The molecule has 0 amide bonds. The predicted molar refractivity (Wildman–Crippen MR) is 91.9 cm³/mol. The first-order valence-corrected chi connectivity index (χ1v) is 8.72. The summed E-state index contributed by atoms with van der Waals surface area (Å²) in [5.41, 5.74) is 0. The van der Waals surface area contributed by atoms with Gasteiger partial charge in [0.2, 0.25) is 0 Å². The molecule has 0 spiro atoms. The molecule has 120 valence electrons. The number of hydrogen-bond acceptors (Lipinski definition) is 2. The molecule has 0 aliphatic heterocycles. The first kappa shape index (κ1) is 18.8. The average molecular weight is 422 g/mol. The third kappa shape index (κ3) is 2.62. The molecule has 0 aromatic rings. The van der Waals surface area contributed by atoms with E-state index in [0.717, 1.165) is 0 Å². The molecule has 0 heterocycles. The molecule has 2 nitrogen and oxygen atoms in total. The minimum absolute atomic E-state index is 0.194. The van der Waals surface area contributed by atoms with Crippen molar-refractivity contribution in [2.45, 2.75) is 33.3 Å². The molecule has 0 aromatic heterocycles. The van der Waals surface area contributed by atoms with E-state index in [2.05, 4.69) is 11.8 Å². The van der Waals surface area contributed by atoms with Crippen molar-refractivity contribution in [3.05, 3.63) is 10.1 Å². The monoisotopic (exact) mass is 419 g/mol. The Balaban J connectivity index is 2.05. The lowest BCUT2D eigenvalue weighted by atomic mass is 9.89. The fraction of sp³-hybridized carbons (Fsp3) is 0.643. The van der Waals surface area contributed by atoms with E-state index in [1.54, 1.807) is 0 Å². The van der Waals surface area contributed by atoms with E-state index < -0.39 is 14.1 Å². The van der Waals surface area contributed by atoms with Gasteiger partial charge in [0.1, 0.15) is 16.4 Å². The number of nitriles is 1. The lowest BCUT2D eigenvalue weighted by molar-refractivity contribution is 0.173. The van der Waals surface area contributed by atoms with Crippen molar-refractivity contribution in [1.82, 2.24) is 0 Å². The van der Waals surface area contributed by atoms with E-state index in [1.165, 1.54) is 0 Å². The standard InChI is InChI=1S/C14H11Cl6NO/c15-10-11(16)13(18)9(8-12(10,17)14(13,19)20)4-1-2-6-22-7-3-5-21/h9H,3-4,6-8H2. The zero-order chi connectivity index (χ0) is 16.6. The van der Waals surface area contributed by atoms with Gasteiger partial charge in [0.25, 0.3) is 0 Å². The van der Waals surface area contributed by atoms with Gasteiger partial charge in [-0.3, -0.25) is 0 Å². The molecular formula is C14H11Cl6NO. The molecule has 1 saturated carbocycles. The summed E-state index contributed by atoms with van der Waals surface area (Å²) in [6, 6.07) is 1.98. The molecule has 1 fully saturated rings. The Kier molecular flexibility index (Phi) is 5.80. The van der Waals surface area contributed by atoms with Gasteiger partial charge in [0.05, 0.1) is 29.2 Å². The number of rotatable bonds is 4. The van der Waals surface area contributed by atoms with E-state index in [-0.39, 0.29) is 22.6 Å². The maximum absolute atomic E-state index is 8.38. The normalized spacial score (nSPS) is 35.2. The van der Waals surface area contributed by atoms with E-state index in [1.807, 2.05) is 6.07 Å². The molecule has 22 heavy (non-hydrogen) atoms. The molecule has 0 saturated heterocycles. The number of fused-ring (bicyclic) bond motifs is 2. The van der Waals surface area contributed by atoms with Gasteiger partial charge in [0, 0.05) is 6.42 Å². The molecule has 8 heteroatoms. The first-order valence-electron chi connectivity index (χ1n) is 6.45. The smallest absolute Gasteiger partial charge is 0.166 e. The van der Waals surface area contributed by atoms with Gasteiger partial charge < -0.3 is 4.74 Å². The number of alkyl halides is 4. The highest BCUT2D eigenvalue weighted by Gasteiger charge is 2.77. The lowest BCUT2D eigenvalue weighted by Crippen LogP contribution is -2.44. The summed E-state index contributed by atoms with van der Waals surface area (Å²) in [7, 11) is 0. The Morgan fingerprint density at radius 3 is 2.36 bits per heavy atom. The molecule has 2 aliphatic rings. The second-order valence-corrected chi connectivity index (χ2v) is 8.46. The fourth-order valence-corrected chi connectivity index (χ4v) is 5.58. The van der Waals surface area contributed by atoms with Gasteiger partial charge in [-0.15, -0.1) is 29.1 Å². The minimum Gasteiger partial charge on any atom is -0.368 e. The van der Waals surface area contributed by atoms with Crippen molar-refractivity contribution >= 4 is 69.6 Å². The third-order valence-corrected chi connectivity index (χ3v) is 8.24. The van der Waals surface area contributed by atoms with Crippen LogP contribution >= 0.6 is 69.6 Å². The van der Waals surface area contributed by atoms with Gasteiger partial charge in [-0.05, 0) is 12.3 Å². The van der Waals surface area contributed by atoms with E-state index in [0.29, 0.717) is 25.9 Å². The number of nitrogens with zero attached hydrogens (tertiary/aromatic N) is 1. The summed E-state index contributed by atoms with van der Waals surface area (Å²) < 4.78 is 3.67. The summed E-state index contributed by atoms with van der Waals surface area (Å²) in [6.07, 6.45) is 1.15. The highest BCUT2D eigenvalue weighted by atomic mass is 35.5. The summed E-state index contributed by atoms with van der Waals surface area (Å²) >= 11 is 38.2. The SMILES string of the molecule is N#CCCOCC#CCC1CC2(Cl)C(Cl)=C(Cl)C1(Cl)C2(Cl)Cl. The van der Waals surface area contributed by atoms with E-state index in [9.17, 15) is 0 Å². The van der Waals surface area contributed by atoms with Crippen LogP contribution in [0.2, 0.25) is 0 Å². The Hall–Kier alpha value is 0.490. The van der Waals surface area contributed by atoms with Crippen molar-refractivity contribution in [2.24, 2.45) is 5.92 Å². The first-order chi connectivity index (χ1) is 10.2. The number of allylic oxidation sites excluding steroid dienone is 2. The summed E-state index contributed by atoms with van der Waals surface area (Å²) in [6.45, 7) is 0.600. The molecule has 0 radical (unpaired) electrons. The van der Waals surface area contributed by atoms with Crippen molar-refractivity contribution in [1.29, 1.82) is 5.26 Å². The van der Waals surface area contributed by atoms with Crippen LogP contribution in [0.5, 0.6) is 0 Å². The predicted octanol–water partition coefficient (Wildman–Crippen LogP) is 5.16. The highest BCUT2D eigenvalue weighted by molar-refractivity contribution is 6.65.